The number of methoxy groups -OCH3 is 2. The molecule has 141 valence electrons. The van der Waals surface area contributed by atoms with Crippen molar-refractivity contribution in [1.29, 1.82) is 0 Å². The molecule has 2 N–H and O–H groups in total. The maximum Gasteiger partial charge on any atom is 0.255 e. The van der Waals surface area contributed by atoms with Crippen LogP contribution in [0.1, 0.15) is 20.7 Å². The molecule has 0 saturated heterocycles. The summed E-state index contributed by atoms with van der Waals surface area (Å²) in [6.07, 6.45) is 0. The van der Waals surface area contributed by atoms with Crippen molar-refractivity contribution >= 4 is 23.2 Å². The van der Waals surface area contributed by atoms with E-state index in [4.69, 9.17) is 9.47 Å². The van der Waals surface area contributed by atoms with Crippen LogP contribution < -0.4 is 20.1 Å². The third kappa shape index (κ3) is 4.48. The quantitative estimate of drug-likeness (QED) is 0.683. The van der Waals surface area contributed by atoms with Gasteiger partial charge in [-0.25, -0.2) is 0 Å². The Morgan fingerprint density at radius 1 is 0.750 bits per heavy atom. The Morgan fingerprint density at radius 2 is 1.43 bits per heavy atom. The molecular formula is C22H19N2O4. The van der Waals surface area contributed by atoms with Gasteiger partial charge in [0.2, 0.25) is 0 Å². The molecule has 0 saturated carbocycles. The standard InChI is InChI=1S/C22H19N2O4/c1-27-19-12-11-16(14-20(19)28-2)22(26)24-18-10-6-7-15(13-18)21(25)23-17-8-4-3-5-9-17/h3-5,7-14H,1-2H3,(H,23,25)(H,24,26). The summed E-state index contributed by atoms with van der Waals surface area (Å²) in [5, 5.41) is 5.56. The van der Waals surface area contributed by atoms with Gasteiger partial charge in [0.1, 0.15) is 0 Å². The fourth-order valence-corrected chi connectivity index (χ4v) is 2.58. The van der Waals surface area contributed by atoms with Crippen LogP contribution in [0.5, 0.6) is 11.5 Å². The summed E-state index contributed by atoms with van der Waals surface area (Å²) < 4.78 is 10.4. The van der Waals surface area contributed by atoms with E-state index in [0.717, 1.165) is 0 Å². The lowest BCUT2D eigenvalue weighted by Crippen LogP contribution is -2.14. The topological polar surface area (TPSA) is 76.7 Å². The number of hydrogen-bond acceptors (Lipinski definition) is 4. The summed E-state index contributed by atoms with van der Waals surface area (Å²) in [7, 11) is 3.03. The predicted octanol–water partition coefficient (Wildman–Crippen LogP) is 4.01. The van der Waals surface area contributed by atoms with Crippen molar-refractivity contribution in [2.45, 2.75) is 0 Å². The maximum atomic E-state index is 12.5. The maximum absolute atomic E-state index is 12.5. The highest BCUT2D eigenvalue weighted by Crippen LogP contribution is 2.28. The molecule has 0 fully saturated rings. The number of benzene rings is 3. The van der Waals surface area contributed by atoms with E-state index in [0.29, 0.717) is 34.0 Å². The first-order valence-corrected chi connectivity index (χ1v) is 8.51. The molecule has 0 heterocycles. The van der Waals surface area contributed by atoms with Gasteiger partial charge < -0.3 is 20.1 Å². The molecule has 3 aromatic carbocycles. The molecule has 1 radical (unpaired) electrons. The Kier molecular flexibility index (Phi) is 5.91. The number of ether oxygens (including phenoxy) is 2. The van der Waals surface area contributed by atoms with Gasteiger partial charge in [0, 0.05) is 22.5 Å². The molecule has 0 spiro atoms. The number of hydrogen-bond donors (Lipinski definition) is 2. The Labute approximate surface area is 163 Å². The van der Waals surface area contributed by atoms with E-state index in [1.54, 1.807) is 48.5 Å². The largest absolute Gasteiger partial charge is 0.493 e. The van der Waals surface area contributed by atoms with Gasteiger partial charge in [0.25, 0.3) is 11.8 Å². The van der Waals surface area contributed by atoms with Crippen molar-refractivity contribution in [1.82, 2.24) is 0 Å². The molecule has 6 nitrogen and oxygen atoms in total. The lowest BCUT2D eigenvalue weighted by molar-refractivity contribution is 0.101. The fourth-order valence-electron chi connectivity index (χ4n) is 2.58. The number of para-hydroxylation sites is 1. The molecule has 0 unspecified atom stereocenters. The van der Waals surface area contributed by atoms with E-state index in [1.807, 2.05) is 18.2 Å². The molecule has 0 bridgehead atoms. The summed E-state index contributed by atoms with van der Waals surface area (Å²) in [5.41, 5.74) is 1.93. The van der Waals surface area contributed by atoms with Crippen LogP contribution in [-0.4, -0.2) is 26.0 Å². The predicted molar refractivity (Wildman–Crippen MR) is 107 cm³/mol. The van der Waals surface area contributed by atoms with Gasteiger partial charge in [-0.1, -0.05) is 18.2 Å². The van der Waals surface area contributed by atoms with Crippen LogP contribution in [0.4, 0.5) is 11.4 Å². The molecule has 0 aliphatic heterocycles. The lowest BCUT2D eigenvalue weighted by Gasteiger charge is -2.11. The first-order chi connectivity index (χ1) is 13.6. The van der Waals surface area contributed by atoms with E-state index in [9.17, 15) is 9.59 Å². The Morgan fingerprint density at radius 3 is 2.14 bits per heavy atom. The van der Waals surface area contributed by atoms with Crippen LogP contribution in [0.2, 0.25) is 0 Å². The van der Waals surface area contributed by atoms with E-state index in [2.05, 4.69) is 16.7 Å². The monoisotopic (exact) mass is 375 g/mol. The van der Waals surface area contributed by atoms with E-state index in [-0.39, 0.29) is 11.8 Å². The highest BCUT2D eigenvalue weighted by molar-refractivity contribution is 6.07. The third-order valence-electron chi connectivity index (χ3n) is 3.99. The lowest BCUT2D eigenvalue weighted by atomic mass is 10.1. The highest BCUT2D eigenvalue weighted by atomic mass is 16.5. The fraction of sp³-hybridized carbons (Fsp3) is 0.0909. The molecule has 6 heteroatoms. The zero-order valence-corrected chi connectivity index (χ0v) is 15.5. The zero-order valence-electron chi connectivity index (χ0n) is 15.5. The van der Waals surface area contributed by atoms with Crippen molar-refractivity contribution in [3.05, 3.63) is 83.9 Å². The minimum atomic E-state index is -0.338. The van der Waals surface area contributed by atoms with Crippen LogP contribution >= 0.6 is 0 Å². The summed E-state index contributed by atoms with van der Waals surface area (Å²) in [6, 6.07) is 21.6. The number of carbonyl (C=O) groups excluding carboxylic acids is 2. The Balaban J connectivity index is 1.73. The van der Waals surface area contributed by atoms with Crippen LogP contribution in [0, 0.1) is 6.07 Å². The number of nitrogens with one attached hydrogen (secondary N) is 2. The summed E-state index contributed by atoms with van der Waals surface area (Å²) in [4.78, 5) is 24.9. The van der Waals surface area contributed by atoms with Crippen molar-refractivity contribution in [3.63, 3.8) is 0 Å². The van der Waals surface area contributed by atoms with E-state index in [1.165, 1.54) is 14.2 Å². The second-order valence-electron chi connectivity index (χ2n) is 5.85. The molecule has 0 aliphatic rings. The number of anilines is 2. The molecule has 2 amide bonds. The molecular weight excluding hydrogens is 356 g/mol. The number of rotatable bonds is 6. The minimum Gasteiger partial charge on any atom is -0.493 e. The summed E-state index contributed by atoms with van der Waals surface area (Å²) >= 11 is 0. The average Bonchev–Trinajstić information content (AvgIpc) is 2.74. The van der Waals surface area contributed by atoms with Gasteiger partial charge in [0.05, 0.1) is 14.2 Å². The molecule has 0 atom stereocenters. The molecule has 28 heavy (non-hydrogen) atoms. The minimum absolute atomic E-state index is 0.287. The van der Waals surface area contributed by atoms with Gasteiger partial charge in [-0.2, -0.15) is 0 Å². The van der Waals surface area contributed by atoms with E-state index < -0.39 is 0 Å². The van der Waals surface area contributed by atoms with Gasteiger partial charge in [0.15, 0.2) is 11.5 Å². The number of carbonyl (C=O) groups is 2. The number of amides is 2. The smallest absolute Gasteiger partial charge is 0.255 e. The zero-order chi connectivity index (χ0) is 19.9. The summed E-state index contributed by atoms with van der Waals surface area (Å²) in [5.74, 6) is 0.365. The van der Waals surface area contributed by atoms with Crippen LogP contribution in [0.15, 0.2) is 66.7 Å². The molecule has 3 aromatic rings. The molecule has 0 aliphatic carbocycles. The van der Waals surface area contributed by atoms with E-state index >= 15 is 0 Å². The van der Waals surface area contributed by atoms with Crippen molar-refractivity contribution in [2.24, 2.45) is 0 Å². The Hall–Kier alpha value is -3.80. The van der Waals surface area contributed by atoms with Crippen LogP contribution in [0.3, 0.4) is 0 Å². The SMILES string of the molecule is COc1ccc(C(=O)Nc2c[c]cc(C(=O)Nc3ccccc3)c2)cc1OC. The first-order valence-electron chi connectivity index (χ1n) is 8.51. The average molecular weight is 375 g/mol. The van der Waals surface area contributed by atoms with Crippen molar-refractivity contribution < 1.29 is 19.1 Å². The summed E-state index contributed by atoms with van der Waals surface area (Å²) in [6.45, 7) is 0. The van der Waals surface area contributed by atoms with Gasteiger partial charge in [-0.3, -0.25) is 9.59 Å². The second kappa shape index (κ2) is 8.73. The first kappa shape index (κ1) is 19.0. The molecule has 0 aromatic heterocycles. The highest BCUT2D eigenvalue weighted by Gasteiger charge is 2.12. The third-order valence-corrected chi connectivity index (χ3v) is 3.99. The van der Waals surface area contributed by atoms with Gasteiger partial charge >= 0.3 is 0 Å². The second-order valence-corrected chi connectivity index (χ2v) is 5.85. The van der Waals surface area contributed by atoms with Crippen LogP contribution in [-0.2, 0) is 0 Å². The normalized spacial score (nSPS) is 10.1. The Bertz CT molecular complexity index is 987. The molecule has 3 rings (SSSR count). The van der Waals surface area contributed by atoms with Crippen molar-refractivity contribution in [2.75, 3.05) is 24.9 Å². The van der Waals surface area contributed by atoms with Crippen molar-refractivity contribution in [3.8, 4) is 11.5 Å². The van der Waals surface area contributed by atoms with Crippen LogP contribution in [0.25, 0.3) is 0 Å². The van der Waals surface area contributed by atoms with Gasteiger partial charge in [-0.05, 0) is 54.6 Å². The van der Waals surface area contributed by atoms with Gasteiger partial charge in [-0.15, -0.1) is 0 Å².